The standard InChI is InChI=1S/C5H8FN/c1-7-3-2-5(6)4-7/h4H,2-3H2,1H3. The van der Waals surface area contributed by atoms with Gasteiger partial charge < -0.3 is 4.90 Å². The van der Waals surface area contributed by atoms with Crippen LogP contribution in [-0.2, 0) is 0 Å². The third kappa shape index (κ3) is 0.918. The van der Waals surface area contributed by atoms with Gasteiger partial charge in [0.2, 0.25) is 0 Å². The van der Waals surface area contributed by atoms with E-state index in [1.54, 1.807) is 0 Å². The second-order valence-corrected chi connectivity index (χ2v) is 1.81. The van der Waals surface area contributed by atoms with Crippen LogP contribution in [0.1, 0.15) is 6.42 Å². The average Bonchev–Trinajstić information content (AvgIpc) is 1.87. The third-order valence-corrected chi connectivity index (χ3v) is 1.06. The molecule has 0 amide bonds. The molecule has 1 nitrogen and oxygen atoms in total. The highest BCUT2D eigenvalue weighted by Crippen LogP contribution is 2.11. The van der Waals surface area contributed by atoms with E-state index in [9.17, 15) is 4.39 Å². The Hall–Kier alpha value is -0.530. The summed E-state index contributed by atoms with van der Waals surface area (Å²) in [4.78, 5) is 1.84. The number of halogens is 1. The van der Waals surface area contributed by atoms with Crippen molar-refractivity contribution in [3.8, 4) is 0 Å². The Kier molecular flexibility index (Phi) is 1.01. The zero-order valence-corrected chi connectivity index (χ0v) is 4.32. The Morgan fingerprint density at radius 3 is 2.71 bits per heavy atom. The number of hydrogen-bond acceptors (Lipinski definition) is 1. The Morgan fingerprint density at radius 1 is 1.86 bits per heavy atom. The van der Waals surface area contributed by atoms with Gasteiger partial charge in [-0.15, -0.1) is 0 Å². The van der Waals surface area contributed by atoms with Crippen LogP contribution >= 0.6 is 0 Å². The molecule has 1 aliphatic rings. The summed E-state index contributed by atoms with van der Waals surface area (Å²) < 4.78 is 12.0. The molecule has 0 fully saturated rings. The van der Waals surface area contributed by atoms with Gasteiger partial charge in [-0.1, -0.05) is 0 Å². The fourth-order valence-corrected chi connectivity index (χ4v) is 0.651. The summed E-state index contributed by atoms with van der Waals surface area (Å²) in [7, 11) is 1.87. The van der Waals surface area contributed by atoms with Crippen molar-refractivity contribution in [3.63, 3.8) is 0 Å². The summed E-state index contributed by atoms with van der Waals surface area (Å²) in [5.74, 6) is 0.00231. The van der Waals surface area contributed by atoms with Crippen LogP contribution in [0.15, 0.2) is 12.0 Å². The predicted octanol–water partition coefficient (Wildman–Crippen LogP) is 1.13. The van der Waals surface area contributed by atoms with Crippen molar-refractivity contribution in [1.82, 2.24) is 4.90 Å². The second kappa shape index (κ2) is 1.52. The van der Waals surface area contributed by atoms with Crippen LogP contribution in [0.2, 0.25) is 0 Å². The van der Waals surface area contributed by atoms with Crippen molar-refractivity contribution in [2.24, 2.45) is 0 Å². The van der Waals surface area contributed by atoms with Crippen molar-refractivity contribution < 1.29 is 4.39 Å². The lowest BCUT2D eigenvalue weighted by Crippen LogP contribution is -2.04. The number of nitrogens with zero attached hydrogens (tertiary/aromatic N) is 1. The van der Waals surface area contributed by atoms with Crippen molar-refractivity contribution in [2.45, 2.75) is 6.42 Å². The maximum atomic E-state index is 12.0. The minimum absolute atomic E-state index is 0.00231. The quantitative estimate of drug-likeness (QED) is 0.442. The molecule has 0 unspecified atom stereocenters. The van der Waals surface area contributed by atoms with Gasteiger partial charge in [0.05, 0.1) is 0 Å². The molecular formula is C5H8FN. The van der Waals surface area contributed by atoms with Gasteiger partial charge in [0, 0.05) is 26.2 Å². The van der Waals surface area contributed by atoms with E-state index in [1.165, 1.54) is 6.20 Å². The Morgan fingerprint density at radius 2 is 2.57 bits per heavy atom. The monoisotopic (exact) mass is 101 g/mol. The lowest BCUT2D eigenvalue weighted by Gasteiger charge is -2.01. The van der Waals surface area contributed by atoms with Crippen molar-refractivity contribution >= 4 is 0 Å². The summed E-state index contributed by atoms with van der Waals surface area (Å²) in [5, 5.41) is 0. The lowest BCUT2D eigenvalue weighted by atomic mass is 10.4. The van der Waals surface area contributed by atoms with Crippen LogP contribution in [-0.4, -0.2) is 18.5 Å². The van der Waals surface area contributed by atoms with Gasteiger partial charge in [0.15, 0.2) is 0 Å². The second-order valence-electron chi connectivity index (χ2n) is 1.81. The Balaban J connectivity index is 2.50. The molecule has 40 valence electrons. The molecule has 0 radical (unpaired) electrons. The summed E-state index contributed by atoms with van der Waals surface area (Å²) in [6.45, 7) is 0.839. The molecule has 0 aromatic heterocycles. The topological polar surface area (TPSA) is 3.24 Å². The molecule has 0 atom stereocenters. The minimum atomic E-state index is 0.00231. The fourth-order valence-electron chi connectivity index (χ4n) is 0.651. The van der Waals surface area contributed by atoms with E-state index in [1.807, 2.05) is 11.9 Å². The van der Waals surface area contributed by atoms with Crippen LogP contribution in [0.3, 0.4) is 0 Å². The number of hydrogen-bond donors (Lipinski definition) is 0. The molecule has 0 saturated heterocycles. The largest absolute Gasteiger partial charge is 0.378 e. The zero-order valence-electron chi connectivity index (χ0n) is 4.32. The molecule has 0 spiro atoms. The Labute approximate surface area is 42.4 Å². The SMILES string of the molecule is CN1C=C(F)CC1. The summed E-state index contributed by atoms with van der Waals surface area (Å²) in [6.07, 6.45) is 2.12. The lowest BCUT2D eigenvalue weighted by molar-refractivity contribution is 0.494. The molecule has 1 rings (SSSR count). The van der Waals surface area contributed by atoms with Crippen LogP contribution in [0, 0.1) is 0 Å². The predicted molar refractivity (Wildman–Crippen MR) is 26.4 cm³/mol. The highest BCUT2D eigenvalue weighted by molar-refractivity contribution is 4.97. The van der Waals surface area contributed by atoms with Crippen LogP contribution in [0.4, 0.5) is 4.39 Å². The molecule has 7 heavy (non-hydrogen) atoms. The van der Waals surface area contributed by atoms with E-state index >= 15 is 0 Å². The van der Waals surface area contributed by atoms with Crippen LogP contribution in [0.5, 0.6) is 0 Å². The first-order chi connectivity index (χ1) is 3.29. The zero-order chi connectivity index (χ0) is 5.28. The maximum Gasteiger partial charge on any atom is 0.117 e. The Bertz CT molecular complexity index is 98.3. The first-order valence-electron chi connectivity index (χ1n) is 2.35. The van der Waals surface area contributed by atoms with Gasteiger partial charge in [-0.25, -0.2) is 4.39 Å². The van der Waals surface area contributed by atoms with Gasteiger partial charge in [-0.3, -0.25) is 0 Å². The molecule has 0 aromatic rings. The van der Waals surface area contributed by atoms with E-state index in [0.29, 0.717) is 6.42 Å². The van der Waals surface area contributed by atoms with Gasteiger partial charge in [0.25, 0.3) is 0 Å². The molecule has 0 saturated carbocycles. The third-order valence-electron chi connectivity index (χ3n) is 1.06. The molecule has 1 heterocycles. The van der Waals surface area contributed by atoms with Gasteiger partial charge in [0.1, 0.15) is 5.83 Å². The first-order valence-corrected chi connectivity index (χ1v) is 2.35. The van der Waals surface area contributed by atoms with Crippen molar-refractivity contribution in [1.29, 1.82) is 0 Å². The molecule has 2 heteroatoms. The normalized spacial score (nSPS) is 20.3. The van der Waals surface area contributed by atoms with Gasteiger partial charge in [-0.2, -0.15) is 0 Å². The summed E-state index contributed by atoms with van der Waals surface area (Å²) in [6, 6.07) is 0. The van der Waals surface area contributed by atoms with E-state index in [2.05, 4.69) is 0 Å². The summed E-state index contributed by atoms with van der Waals surface area (Å²) >= 11 is 0. The highest BCUT2D eigenvalue weighted by Gasteiger charge is 2.05. The fraction of sp³-hybridized carbons (Fsp3) is 0.600. The smallest absolute Gasteiger partial charge is 0.117 e. The molecule has 1 aliphatic heterocycles. The van der Waals surface area contributed by atoms with Crippen LogP contribution in [0.25, 0.3) is 0 Å². The molecule has 0 aromatic carbocycles. The van der Waals surface area contributed by atoms with Gasteiger partial charge >= 0.3 is 0 Å². The summed E-state index contributed by atoms with van der Waals surface area (Å²) in [5.41, 5.74) is 0. The minimum Gasteiger partial charge on any atom is -0.378 e. The molecule has 0 bridgehead atoms. The average molecular weight is 101 g/mol. The molecular weight excluding hydrogens is 93.1 g/mol. The van der Waals surface area contributed by atoms with E-state index in [0.717, 1.165) is 6.54 Å². The molecule has 0 N–H and O–H groups in total. The van der Waals surface area contributed by atoms with E-state index in [-0.39, 0.29) is 5.83 Å². The first kappa shape index (κ1) is 4.62. The van der Waals surface area contributed by atoms with Crippen molar-refractivity contribution in [2.75, 3.05) is 13.6 Å². The molecule has 0 aliphatic carbocycles. The maximum absolute atomic E-state index is 12.0. The van der Waals surface area contributed by atoms with E-state index in [4.69, 9.17) is 0 Å². The van der Waals surface area contributed by atoms with Crippen molar-refractivity contribution in [3.05, 3.63) is 12.0 Å². The number of rotatable bonds is 0. The van der Waals surface area contributed by atoms with Crippen LogP contribution < -0.4 is 0 Å². The van der Waals surface area contributed by atoms with Gasteiger partial charge in [-0.05, 0) is 0 Å². The highest BCUT2D eigenvalue weighted by atomic mass is 19.1. The van der Waals surface area contributed by atoms with E-state index < -0.39 is 0 Å².